The fourth-order valence-corrected chi connectivity index (χ4v) is 2.07. The maximum atomic E-state index is 11.8. The predicted molar refractivity (Wildman–Crippen MR) is 79.8 cm³/mol. The molecule has 0 aliphatic carbocycles. The summed E-state index contributed by atoms with van der Waals surface area (Å²) >= 11 is 0. The van der Waals surface area contributed by atoms with Gasteiger partial charge in [0.15, 0.2) is 0 Å². The highest BCUT2D eigenvalue weighted by atomic mass is 35.5. The monoisotopic (exact) mass is 298 g/mol. The van der Waals surface area contributed by atoms with Gasteiger partial charge in [0.2, 0.25) is 5.91 Å². The number of anilines is 1. The third-order valence-electron chi connectivity index (χ3n) is 3.07. The van der Waals surface area contributed by atoms with E-state index in [4.69, 9.17) is 5.73 Å². The predicted octanol–water partition coefficient (Wildman–Crippen LogP) is 0.967. The van der Waals surface area contributed by atoms with E-state index in [-0.39, 0.29) is 24.4 Å². The topological polar surface area (TPSA) is 96.2 Å². The fourth-order valence-electron chi connectivity index (χ4n) is 2.07. The molecule has 20 heavy (non-hydrogen) atoms. The molecule has 1 saturated heterocycles. The van der Waals surface area contributed by atoms with Gasteiger partial charge in [-0.3, -0.25) is 4.79 Å². The highest BCUT2D eigenvalue weighted by molar-refractivity contribution is 5.87. The summed E-state index contributed by atoms with van der Waals surface area (Å²) in [5.41, 5.74) is 6.63. The van der Waals surface area contributed by atoms with Gasteiger partial charge in [-0.25, -0.2) is 4.79 Å². The number of carbonyl (C=O) groups excluding carboxylic acids is 2. The molecule has 1 aliphatic rings. The highest BCUT2D eigenvalue weighted by Crippen LogP contribution is 2.10. The van der Waals surface area contributed by atoms with Crippen LogP contribution in [0.25, 0.3) is 0 Å². The largest absolute Gasteiger partial charge is 0.351 e. The van der Waals surface area contributed by atoms with Gasteiger partial charge in [0.1, 0.15) is 0 Å². The average Bonchev–Trinajstić information content (AvgIpc) is 2.91. The molecule has 1 heterocycles. The summed E-state index contributed by atoms with van der Waals surface area (Å²) in [6, 6.07) is 6.53. The molecule has 1 aromatic rings. The number of nitrogens with two attached hydrogens (primary N) is 1. The van der Waals surface area contributed by atoms with Crippen molar-refractivity contribution in [3.63, 3.8) is 0 Å². The zero-order valence-corrected chi connectivity index (χ0v) is 11.8. The van der Waals surface area contributed by atoms with Gasteiger partial charge in [0.05, 0.1) is 6.04 Å². The molecule has 0 spiro atoms. The summed E-state index contributed by atoms with van der Waals surface area (Å²) in [7, 11) is 0. The Balaban J connectivity index is 0.00000200. The molecule has 1 atom stereocenters. The second-order valence-corrected chi connectivity index (χ2v) is 4.55. The van der Waals surface area contributed by atoms with Crippen LogP contribution in [0.2, 0.25) is 0 Å². The first-order valence-corrected chi connectivity index (χ1v) is 6.31. The lowest BCUT2D eigenvalue weighted by atomic mass is 10.2. The summed E-state index contributed by atoms with van der Waals surface area (Å²) in [5.74, 6) is 0.0387. The van der Waals surface area contributed by atoms with Crippen molar-refractivity contribution in [3.8, 4) is 0 Å². The van der Waals surface area contributed by atoms with Gasteiger partial charge < -0.3 is 21.7 Å². The van der Waals surface area contributed by atoms with Crippen LogP contribution >= 0.6 is 12.4 Å². The number of primary amides is 1. The van der Waals surface area contributed by atoms with Gasteiger partial charge in [-0.05, 0) is 37.1 Å². The number of carbonyl (C=O) groups is 2. The summed E-state index contributed by atoms with van der Waals surface area (Å²) in [6.07, 6.45) is 1.94. The second-order valence-electron chi connectivity index (χ2n) is 4.55. The van der Waals surface area contributed by atoms with Crippen molar-refractivity contribution in [1.29, 1.82) is 0 Å². The summed E-state index contributed by atoms with van der Waals surface area (Å²) < 4.78 is 0. The standard InChI is InChI=1S/C13H18N4O2.ClH/c14-13(19)17-10-5-3-9(4-6-10)8-16-12(18)11-2-1-7-15-11;/h3-6,11,15H,1-2,7-8H2,(H,16,18)(H3,14,17,19);1H. The third kappa shape index (κ3) is 4.71. The Morgan fingerprint density at radius 2 is 2.00 bits per heavy atom. The normalized spacial score (nSPS) is 17.1. The van der Waals surface area contributed by atoms with Crippen molar-refractivity contribution < 1.29 is 9.59 Å². The zero-order chi connectivity index (χ0) is 13.7. The Labute approximate surface area is 123 Å². The second kappa shape index (κ2) is 7.72. The number of halogens is 1. The Hall–Kier alpha value is -1.79. The highest BCUT2D eigenvalue weighted by Gasteiger charge is 2.21. The molecule has 1 aromatic carbocycles. The van der Waals surface area contributed by atoms with E-state index in [0.29, 0.717) is 12.2 Å². The van der Waals surface area contributed by atoms with E-state index < -0.39 is 6.03 Å². The lowest BCUT2D eigenvalue weighted by molar-refractivity contribution is -0.122. The molecule has 0 saturated carbocycles. The zero-order valence-electron chi connectivity index (χ0n) is 11.0. The first-order valence-electron chi connectivity index (χ1n) is 6.31. The van der Waals surface area contributed by atoms with E-state index in [1.807, 2.05) is 12.1 Å². The van der Waals surface area contributed by atoms with Crippen LogP contribution in [0.15, 0.2) is 24.3 Å². The van der Waals surface area contributed by atoms with Crippen LogP contribution in [0.4, 0.5) is 10.5 Å². The molecule has 1 unspecified atom stereocenters. The number of nitrogens with one attached hydrogen (secondary N) is 3. The summed E-state index contributed by atoms with van der Waals surface area (Å²) in [5, 5.41) is 8.52. The first-order chi connectivity index (χ1) is 9.15. The van der Waals surface area contributed by atoms with Crippen LogP contribution < -0.4 is 21.7 Å². The SMILES string of the molecule is Cl.NC(=O)Nc1ccc(CNC(=O)C2CCCN2)cc1. The maximum Gasteiger partial charge on any atom is 0.316 e. The van der Waals surface area contributed by atoms with Gasteiger partial charge in [0.25, 0.3) is 0 Å². The van der Waals surface area contributed by atoms with Crippen LogP contribution in [0.1, 0.15) is 18.4 Å². The van der Waals surface area contributed by atoms with E-state index in [2.05, 4.69) is 16.0 Å². The Bertz CT molecular complexity index is 458. The van der Waals surface area contributed by atoms with E-state index in [0.717, 1.165) is 24.9 Å². The third-order valence-corrected chi connectivity index (χ3v) is 3.07. The molecule has 3 amide bonds. The van der Waals surface area contributed by atoms with Gasteiger partial charge in [-0.15, -0.1) is 12.4 Å². The minimum absolute atomic E-state index is 0. The molecule has 7 heteroatoms. The molecular weight excluding hydrogens is 280 g/mol. The van der Waals surface area contributed by atoms with Gasteiger partial charge in [-0.1, -0.05) is 12.1 Å². The average molecular weight is 299 g/mol. The van der Waals surface area contributed by atoms with E-state index in [1.165, 1.54) is 0 Å². The number of hydrogen-bond acceptors (Lipinski definition) is 3. The molecule has 6 nitrogen and oxygen atoms in total. The van der Waals surface area contributed by atoms with Crippen molar-refractivity contribution in [2.24, 2.45) is 5.73 Å². The van der Waals surface area contributed by atoms with Crippen molar-refractivity contribution in [3.05, 3.63) is 29.8 Å². The van der Waals surface area contributed by atoms with E-state index in [9.17, 15) is 9.59 Å². The lowest BCUT2D eigenvalue weighted by Crippen LogP contribution is -2.39. The van der Waals surface area contributed by atoms with Gasteiger partial charge in [-0.2, -0.15) is 0 Å². The number of amides is 3. The molecule has 0 aromatic heterocycles. The minimum Gasteiger partial charge on any atom is -0.351 e. The van der Waals surface area contributed by atoms with Crippen LogP contribution in [0.5, 0.6) is 0 Å². The first kappa shape index (κ1) is 16.3. The number of urea groups is 1. The molecule has 0 radical (unpaired) electrons. The molecule has 110 valence electrons. The Morgan fingerprint density at radius 1 is 1.30 bits per heavy atom. The Morgan fingerprint density at radius 3 is 2.55 bits per heavy atom. The summed E-state index contributed by atoms with van der Waals surface area (Å²) in [4.78, 5) is 22.4. The van der Waals surface area contributed by atoms with Crippen LogP contribution in [0, 0.1) is 0 Å². The Kier molecular flexibility index (Phi) is 6.27. The minimum atomic E-state index is -0.589. The van der Waals surface area contributed by atoms with Crippen LogP contribution in [-0.4, -0.2) is 24.5 Å². The maximum absolute atomic E-state index is 11.8. The van der Waals surface area contributed by atoms with Crippen LogP contribution in [0.3, 0.4) is 0 Å². The van der Waals surface area contributed by atoms with Crippen molar-refractivity contribution >= 4 is 30.0 Å². The number of benzene rings is 1. The molecule has 1 aliphatic heterocycles. The number of hydrogen-bond donors (Lipinski definition) is 4. The van der Waals surface area contributed by atoms with Crippen molar-refractivity contribution in [1.82, 2.24) is 10.6 Å². The quantitative estimate of drug-likeness (QED) is 0.667. The summed E-state index contributed by atoms with van der Waals surface area (Å²) in [6.45, 7) is 1.39. The van der Waals surface area contributed by atoms with Gasteiger partial charge >= 0.3 is 6.03 Å². The van der Waals surface area contributed by atoms with E-state index >= 15 is 0 Å². The molecular formula is C13H19ClN4O2. The van der Waals surface area contributed by atoms with E-state index in [1.54, 1.807) is 12.1 Å². The lowest BCUT2D eigenvalue weighted by Gasteiger charge is -2.11. The molecule has 1 fully saturated rings. The van der Waals surface area contributed by atoms with Crippen LogP contribution in [-0.2, 0) is 11.3 Å². The van der Waals surface area contributed by atoms with Crippen molar-refractivity contribution in [2.45, 2.75) is 25.4 Å². The molecule has 2 rings (SSSR count). The molecule has 5 N–H and O–H groups in total. The number of rotatable bonds is 4. The fraction of sp³-hybridized carbons (Fsp3) is 0.385. The van der Waals surface area contributed by atoms with Gasteiger partial charge in [0, 0.05) is 12.2 Å². The molecule has 0 bridgehead atoms. The smallest absolute Gasteiger partial charge is 0.316 e. The van der Waals surface area contributed by atoms with Crippen molar-refractivity contribution in [2.75, 3.05) is 11.9 Å².